The standard InChI is InChI=1S/C9H9F3O3S/c1-6-5-7(15-2)3-4-8(6)16(13,14)9(10,11)12/h3-5H,1-2H3. The van der Waals surface area contributed by atoms with Crippen LogP contribution >= 0.6 is 0 Å². The molecule has 1 aromatic rings. The highest BCUT2D eigenvalue weighted by Crippen LogP contribution is 2.33. The quantitative estimate of drug-likeness (QED) is 0.813. The number of halogens is 3. The first-order chi connectivity index (χ1) is 7.20. The average molecular weight is 254 g/mol. The Balaban J connectivity index is 3.36. The highest BCUT2D eigenvalue weighted by molar-refractivity contribution is 7.92. The van der Waals surface area contributed by atoms with E-state index in [0.29, 0.717) is 5.75 Å². The lowest BCUT2D eigenvalue weighted by Gasteiger charge is -2.11. The molecule has 0 fully saturated rings. The van der Waals surface area contributed by atoms with E-state index in [-0.39, 0.29) is 5.56 Å². The van der Waals surface area contributed by atoms with Gasteiger partial charge in [0.15, 0.2) is 0 Å². The van der Waals surface area contributed by atoms with E-state index in [9.17, 15) is 21.6 Å². The summed E-state index contributed by atoms with van der Waals surface area (Å²) in [6.07, 6.45) is 0. The van der Waals surface area contributed by atoms with Crippen molar-refractivity contribution < 1.29 is 26.3 Å². The molecule has 3 nitrogen and oxygen atoms in total. The fourth-order valence-corrected chi connectivity index (χ4v) is 2.15. The monoisotopic (exact) mass is 254 g/mol. The van der Waals surface area contributed by atoms with Gasteiger partial charge in [-0.05, 0) is 30.7 Å². The summed E-state index contributed by atoms with van der Waals surface area (Å²) in [4.78, 5) is -0.749. The van der Waals surface area contributed by atoms with Crippen LogP contribution in [0.3, 0.4) is 0 Å². The summed E-state index contributed by atoms with van der Waals surface area (Å²) in [5.74, 6) is 0.304. The number of benzene rings is 1. The second kappa shape index (κ2) is 3.97. The van der Waals surface area contributed by atoms with E-state index in [2.05, 4.69) is 0 Å². The fraction of sp³-hybridized carbons (Fsp3) is 0.333. The molecule has 90 valence electrons. The summed E-state index contributed by atoms with van der Waals surface area (Å²) >= 11 is 0. The highest BCUT2D eigenvalue weighted by atomic mass is 32.2. The van der Waals surface area contributed by atoms with E-state index in [4.69, 9.17) is 4.74 Å². The Morgan fingerprint density at radius 2 is 1.81 bits per heavy atom. The van der Waals surface area contributed by atoms with Crippen LogP contribution in [-0.4, -0.2) is 21.0 Å². The van der Waals surface area contributed by atoms with E-state index in [0.717, 1.165) is 6.07 Å². The van der Waals surface area contributed by atoms with Crippen molar-refractivity contribution in [1.29, 1.82) is 0 Å². The molecule has 0 aliphatic heterocycles. The first-order valence-corrected chi connectivity index (χ1v) is 5.64. The van der Waals surface area contributed by atoms with Gasteiger partial charge in [-0.1, -0.05) is 0 Å². The minimum atomic E-state index is -5.29. The van der Waals surface area contributed by atoms with Crippen LogP contribution < -0.4 is 4.74 Å². The van der Waals surface area contributed by atoms with Gasteiger partial charge in [0.05, 0.1) is 12.0 Å². The van der Waals surface area contributed by atoms with Crippen molar-refractivity contribution in [3.05, 3.63) is 23.8 Å². The van der Waals surface area contributed by atoms with Crippen molar-refractivity contribution >= 4 is 9.84 Å². The topological polar surface area (TPSA) is 43.4 Å². The molecule has 1 aromatic carbocycles. The van der Waals surface area contributed by atoms with Crippen LogP contribution in [0.15, 0.2) is 23.1 Å². The van der Waals surface area contributed by atoms with E-state index in [1.54, 1.807) is 0 Å². The second-order valence-electron chi connectivity index (χ2n) is 3.08. The molecule has 0 bridgehead atoms. The minimum Gasteiger partial charge on any atom is -0.497 e. The molecule has 0 amide bonds. The summed E-state index contributed by atoms with van der Waals surface area (Å²) in [5.41, 5.74) is -5.29. The Labute approximate surface area is 90.8 Å². The Kier molecular flexibility index (Phi) is 3.18. The zero-order chi connectivity index (χ0) is 12.6. The Bertz CT molecular complexity index is 491. The summed E-state index contributed by atoms with van der Waals surface area (Å²) in [7, 11) is -3.95. The highest BCUT2D eigenvalue weighted by Gasteiger charge is 2.47. The van der Waals surface area contributed by atoms with Gasteiger partial charge >= 0.3 is 5.51 Å². The molecule has 0 aliphatic carbocycles. The van der Waals surface area contributed by atoms with Crippen LogP contribution in [0.25, 0.3) is 0 Å². The molecule has 16 heavy (non-hydrogen) atoms. The summed E-state index contributed by atoms with van der Waals surface area (Å²) in [6, 6.07) is 3.29. The van der Waals surface area contributed by atoms with Gasteiger partial charge in [0, 0.05) is 0 Å². The SMILES string of the molecule is COc1ccc(S(=O)(=O)C(F)(F)F)c(C)c1. The molecule has 0 aromatic heterocycles. The van der Waals surface area contributed by atoms with Crippen LogP contribution in [0.1, 0.15) is 5.56 Å². The van der Waals surface area contributed by atoms with Crippen LogP contribution in [0.5, 0.6) is 5.75 Å². The lowest BCUT2D eigenvalue weighted by molar-refractivity contribution is -0.0436. The maximum atomic E-state index is 12.3. The third kappa shape index (κ3) is 2.13. The number of rotatable bonds is 2. The van der Waals surface area contributed by atoms with Crippen molar-refractivity contribution in [3.8, 4) is 5.75 Å². The molecule has 0 radical (unpaired) electrons. The molecule has 0 N–H and O–H groups in total. The molecule has 1 rings (SSSR count). The Hall–Kier alpha value is -1.24. The Morgan fingerprint density at radius 1 is 1.25 bits per heavy atom. The molecule has 0 saturated carbocycles. The molecule has 0 atom stereocenters. The fourth-order valence-electron chi connectivity index (χ4n) is 1.18. The molecule has 0 spiro atoms. The van der Waals surface area contributed by atoms with Crippen molar-refractivity contribution in [1.82, 2.24) is 0 Å². The maximum absolute atomic E-state index is 12.3. The van der Waals surface area contributed by atoms with E-state index >= 15 is 0 Å². The number of methoxy groups -OCH3 is 1. The predicted octanol–water partition coefficient (Wildman–Crippen LogP) is 2.30. The number of hydrogen-bond acceptors (Lipinski definition) is 3. The summed E-state index contributed by atoms with van der Waals surface area (Å²) in [6.45, 7) is 1.28. The number of hydrogen-bond donors (Lipinski definition) is 0. The molecule has 0 saturated heterocycles. The molecular weight excluding hydrogens is 245 g/mol. The lowest BCUT2D eigenvalue weighted by atomic mass is 10.2. The van der Waals surface area contributed by atoms with Gasteiger partial charge in [0.1, 0.15) is 5.75 Å². The van der Waals surface area contributed by atoms with Crippen molar-refractivity contribution in [2.75, 3.05) is 7.11 Å². The zero-order valence-corrected chi connectivity index (χ0v) is 9.32. The van der Waals surface area contributed by atoms with Crippen molar-refractivity contribution in [2.45, 2.75) is 17.3 Å². The van der Waals surface area contributed by atoms with Crippen LogP contribution in [-0.2, 0) is 9.84 Å². The number of sulfone groups is 1. The van der Waals surface area contributed by atoms with E-state index in [1.807, 2.05) is 0 Å². The van der Waals surface area contributed by atoms with E-state index in [1.165, 1.54) is 26.2 Å². The molecule has 0 heterocycles. The number of aryl methyl sites for hydroxylation is 1. The number of ether oxygens (including phenoxy) is 1. The van der Waals surface area contributed by atoms with Gasteiger partial charge in [-0.15, -0.1) is 0 Å². The summed E-state index contributed by atoms with van der Waals surface area (Å²) < 4.78 is 63.8. The first kappa shape index (κ1) is 12.8. The van der Waals surface area contributed by atoms with Crippen molar-refractivity contribution in [3.63, 3.8) is 0 Å². The molecule has 0 unspecified atom stereocenters. The predicted molar refractivity (Wildman–Crippen MR) is 51.0 cm³/mol. The average Bonchev–Trinajstić information content (AvgIpc) is 2.15. The van der Waals surface area contributed by atoms with E-state index < -0.39 is 20.2 Å². The van der Waals surface area contributed by atoms with Crippen LogP contribution in [0, 0.1) is 6.92 Å². The van der Waals surface area contributed by atoms with Crippen molar-refractivity contribution in [2.24, 2.45) is 0 Å². The smallest absolute Gasteiger partial charge is 0.497 e. The van der Waals surface area contributed by atoms with Crippen LogP contribution in [0.2, 0.25) is 0 Å². The minimum absolute atomic E-state index is 0.00308. The van der Waals surface area contributed by atoms with Gasteiger partial charge in [-0.25, -0.2) is 8.42 Å². The Morgan fingerprint density at radius 3 is 2.19 bits per heavy atom. The first-order valence-electron chi connectivity index (χ1n) is 4.16. The van der Waals surface area contributed by atoms with Gasteiger partial charge in [-0.2, -0.15) is 13.2 Å². The molecular formula is C9H9F3O3S. The maximum Gasteiger partial charge on any atom is 0.501 e. The van der Waals surface area contributed by atoms with Gasteiger partial charge < -0.3 is 4.74 Å². The van der Waals surface area contributed by atoms with Crippen LogP contribution in [0.4, 0.5) is 13.2 Å². The zero-order valence-electron chi connectivity index (χ0n) is 8.50. The lowest BCUT2D eigenvalue weighted by Crippen LogP contribution is -2.24. The van der Waals surface area contributed by atoms with Gasteiger partial charge in [-0.3, -0.25) is 0 Å². The largest absolute Gasteiger partial charge is 0.501 e. The van der Waals surface area contributed by atoms with Gasteiger partial charge in [0.2, 0.25) is 0 Å². The third-order valence-electron chi connectivity index (χ3n) is 1.98. The second-order valence-corrected chi connectivity index (χ2v) is 4.99. The van der Waals surface area contributed by atoms with Gasteiger partial charge in [0.25, 0.3) is 9.84 Å². The molecule has 7 heteroatoms. The normalized spacial score (nSPS) is 12.6. The molecule has 0 aliphatic rings. The number of alkyl halides is 3. The summed E-state index contributed by atoms with van der Waals surface area (Å²) in [5, 5.41) is 0. The third-order valence-corrected chi connectivity index (χ3v) is 3.62.